The quantitative estimate of drug-likeness (QED) is 0.857. The molecule has 2 fully saturated rings. The third-order valence-corrected chi connectivity index (χ3v) is 5.29. The van der Waals surface area contributed by atoms with E-state index in [1.54, 1.807) is 0 Å². The molecule has 1 saturated heterocycles. The molecule has 0 unspecified atom stereocenters. The van der Waals surface area contributed by atoms with Crippen molar-refractivity contribution in [1.82, 2.24) is 9.80 Å². The van der Waals surface area contributed by atoms with Gasteiger partial charge in [-0.2, -0.15) is 0 Å². The Morgan fingerprint density at radius 3 is 2.50 bits per heavy atom. The molecule has 1 amide bonds. The van der Waals surface area contributed by atoms with E-state index >= 15 is 0 Å². The molecule has 1 heterocycles. The van der Waals surface area contributed by atoms with Crippen LogP contribution in [0.2, 0.25) is 0 Å². The SMILES string of the molecule is C[C@H]1CCC[C@@H](N2CCN(C(=O)Cc3ccccc3)CC2)C1. The van der Waals surface area contributed by atoms with Crippen LogP contribution in [0.25, 0.3) is 0 Å². The predicted octanol–water partition coefficient (Wildman–Crippen LogP) is 2.95. The first-order valence-corrected chi connectivity index (χ1v) is 8.78. The zero-order valence-corrected chi connectivity index (χ0v) is 13.7. The van der Waals surface area contributed by atoms with Crippen LogP contribution in [-0.2, 0) is 11.2 Å². The lowest BCUT2D eigenvalue weighted by molar-refractivity contribution is -0.132. The topological polar surface area (TPSA) is 23.6 Å². The molecular formula is C19H28N2O. The number of benzene rings is 1. The maximum atomic E-state index is 12.4. The van der Waals surface area contributed by atoms with Crippen LogP contribution >= 0.6 is 0 Å². The minimum absolute atomic E-state index is 0.280. The molecule has 120 valence electrons. The highest BCUT2D eigenvalue weighted by Gasteiger charge is 2.28. The van der Waals surface area contributed by atoms with Crippen molar-refractivity contribution >= 4 is 5.91 Å². The number of nitrogens with zero attached hydrogens (tertiary/aromatic N) is 2. The molecule has 22 heavy (non-hydrogen) atoms. The summed E-state index contributed by atoms with van der Waals surface area (Å²) in [6.07, 6.45) is 6.01. The van der Waals surface area contributed by atoms with Crippen LogP contribution in [0.15, 0.2) is 30.3 Å². The summed E-state index contributed by atoms with van der Waals surface area (Å²) in [5.41, 5.74) is 1.12. The van der Waals surface area contributed by atoms with E-state index in [2.05, 4.69) is 16.7 Å². The van der Waals surface area contributed by atoms with Gasteiger partial charge in [-0.05, 0) is 24.3 Å². The minimum Gasteiger partial charge on any atom is -0.340 e. The van der Waals surface area contributed by atoms with Crippen LogP contribution < -0.4 is 0 Å². The van der Waals surface area contributed by atoms with Crippen LogP contribution in [0.4, 0.5) is 0 Å². The van der Waals surface area contributed by atoms with Gasteiger partial charge in [-0.3, -0.25) is 9.69 Å². The number of carbonyl (C=O) groups excluding carboxylic acids is 1. The van der Waals surface area contributed by atoms with Crippen molar-refractivity contribution in [1.29, 1.82) is 0 Å². The van der Waals surface area contributed by atoms with Gasteiger partial charge in [0.1, 0.15) is 0 Å². The third-order valence-electron chi connectivity index (χ3n) is 5.29. The second-order valence-corrected chi connectivity index (χ2v) is 7.00. The fourth-order valence-corrected chi connectivity index (χ4v) is 3.95. The van der Waals surface area contributed by atoms with E-state index in [9.17, 15) is 4.79 Å². The van der Waals surface area contributed by atoms with Crippen LogP contribution in [0.5, 0.6) is 0 Å². The van der Waals surface area contributed by atoms with Gasteiger partial charge in [0.15, 0.2) is 0 Å². The van der Waals surface area contributed by atoms with Gasteiger partial charge in [0.25, 0.3) is 0 Å². The maximum Gasteiger partial charge on any atom is 0.227 e. The zero-order chi connectivity index (χ0) is 15.4. The summed E-state index contributed by atoms with van der Waals surface area (Å²) in [5, 5.41) is 0. The first-order chi connectivity index (χ1) is 10.7. The third kappa shape index (κ3) is 3.89. The van der Waals surface area contributed by atoms with Crippen LogP contribution in [-0.4, -0.2) is 47.9 Å². The Hall–Kier alpha value is -1.35. The minimum atomic E-state index is 0.280. The second kappa shape index (κ2) is 7.28. The number of carbonyl (C=O) groups is 1. The normalized spacial score (nSPS) is 26.9. The van der Waals surface area contributed by atoms with Gasteiger partial charge in [0.2, 0.25) is 5.91 Å². The summed E-state index contributed by atoms with van der Waals surface area (Å²) in [4.78, 5) is 17.1. The zero-order valence-electron chi connectivity index (χ0n) is 13.7. The molecule has 1 aliphatic carbocycles. The van der Waals surface area contributed by atoms with E-state index in [0.29, 0.717) is 6.42 Å². The monoisotopic (exact) mass is 300 g/mol. The highest BCUT2D eigenvalue weighted by Crippen LogP contribution is 2.27. The average Bonchev–Trinajstić information content (AvgIpc) is 2.56. The van der Waals surface area contributed by atoms with Gasteiger partial charge in [0.05, 0.1) is 6.42 Å². The number of amides is 1. The standard InChI is InChI=1S/C19H28N2O/c1-16-6-5-9-18(14-16)20-10-12-21(13-11-20)19(22)15-17-7-3-2-4-8-17/h2-4,7-8,16,18H,5-6,9-15H2,1H3/t16-,18+/m0/s1. The lowest BCUT2D eigenvalue weighted by Crippen LogP contribution is -2.53. The summed E-state index contributed by atoms with van der Waals surface area (Å²) in [5.74, 6) is 1.15. The lowest BCUT2D eigenvalue weighted by Gasteiger charge is -2.42. The van der Waals surface area contributed by atoms with E-state index in [4.69, 9.17) is 0 Å². The molecule has 1 saturated carbocycles. The molecule has 3 rings (SSSR count). The number of piperazine rings is 1. The Balaban J connectivity index is 1.48. The molecule has 0 N–H and O–H groups in total. The van der Waals surface area contributed by atoms with Crippen molar-refractivity contribution in [2.24, 2.45) is 5.92 Å². The summed E-state index contributed by atoms with van der Waals surface area (Å²) >= 11 is 0. The molecule has 3 nitrogen and oxygen atoms in total. The Morgan fingerprint density at radius 2 is 1.82 bits per heavy atom. The Labute approximate surface area is 134 Å². The van der Waals surface area contributed by atoms with Crippen molar-refractivity contribution in [2.45, 2.75) is 45.1 Å². The molecule has 2 atom stereocenters. The number of hydrogen-bond acceptors (Lipinski definition) is 2. The maximum absolute atomic E-state index is 12.4. The van der Waals surface area contributed by atoms with Crippen LogP contribution in [0.1, 0.15) is 38.2 Å². The molecule has 1 aromatic rings. The van der Waals surface area contributed by atoms with Gasteiger partial charge in [-0.15, -0.1) is 0 Å². The Kier molecular flexibility index (Phi) is 5.14. The van der Waals surface area contributed by atoms with Gasteiger partial charge in [0, 0.05) is 32.2 Å². The fourth-order valence-electron chi connectivity index (χ4n) is 3.95. The molecule has 0 bridgehead atoms. The van der Waals surface area contributed by atoms with E-state index < -0.39 is 0 Å². The average molecular weight is 300 g/mol. The second-order valence-electron chi connectivity index (χ2n) is 7.00. The Bertz CT molecular complexity index is 479. The molecule has 1 aliphatic heterocycles. The number of hydrogen-bond donors (Lipinski definition) is 0. The largest absolute Gasteiger partial charge is 0.340 e. The number of rotatable bonds is 3. The van der Waals surface area contributed by atoms with Gasteiger partial charge in [-0.25, -0.2) is 0 Å². The molecule has 3 heteroatoms. The van der Waals surface area contributed by atoms with Crippen molar-refractivity contribution in [3.05, 3.63) is 35.9 Å². The van der Waals surface area contributed by atoms with Crippen molar-refractivity contribution in [3.8, 4) is 0 Å². The van der Waals surface area contributed by atoms with Gasteiger partial charge < -0.3 is 4.90 Å². The van der Waals surface area contributed by atoms with Gasteiger partial charge >= 0.3 is 0 Å². The first-order valence-electron chi connectivity index (χ1n) is 8.78. The summed E-state index contributed by atoms with van der Waals surface area (Å²) in [6.45, 7) is 6.29. The van der Waals surface area contributed by atoms with E-state index in [0.717, 1.165) is 43.7 Å². The molecule has 0 aromatic heterocycles. The van der Waals surface area contributed by atoms with Crippen molar-refractivity contribution < 1.29 is 4.79 Å². The lowest BCUT2D eigenvalue weighted by atomic mass is 9.86. The summed E-state index contributed by atoms with van der Waals surface area (Å²) in [7, 11) is 0. The van der Waals surface area contributed by atoms with Gasteiger partial charge in [-0.1, -0.05) is 50.1 Å². The molecule has 0 spiro atoms. The van der Waals surface area contributed by atoms with Crippen molar-refractivity contribution in [3.63, 3.8) is 0 Å². The summed E-state index contributed by atoms with van der Waals surface area (Å²) < 4.78 is 0. The molecular weight excluding hydrogens is 272 g/mol. The molecule has 1 aromatic carbocycles. The first kappa shape index (κ1) is 15.5. The highest BCUT2D eigenvalue weighted by atomic mass is 16.2. The molecule has 0 radical (unpaired) electrons. The fraction of sp³-hybridized carbons (Fsp3) is 0.632. The highest BCUT2D eigenvalue weighted by molar-refractivity contribution is 5.78. The van der Waals surface area contributed by atoms with Crippen LogP contribution in [0, 0.1) is 5.92 Å². The predicted molar refractivity (Wildman–Crippen MR) is 89.7 cm³/mol. The summed E-state index contributed by atoms with van der Waals surface area (Å²) in [6, 6.07) is 10.8. The van der Waals surface area contributed by atoms with E-state index in [1.807, 2.05) is 30.3 Å². The van der Waals surface area contributed by atoms with E-state index in [1.165, 1.54) is 25.7 Å². The van der Waals surface area contributed by atoms with Crippen LogP contribution in [0.3, 0.4) is 0 Å². The van der Waals surface area contributed by atoms with E-state index in [-0.39, 0.29) is 5.91 Å². The smallest absolute Gasteiger partial charge is 0.227 e. The van der Waals surface area contributed by atoms with Crippen molar-refractivity contribution in [2.75, 3.05) is 26.2 Å². The Morgan fingerprint density at radius 1 is 1.09 bits per heavy atom. The molecule has 2 aliphatic rings.